The van der Waals surface area contributed by atoms with Crippen molar-refractivity contribution in [2.24, 2.45) is 0 Å². The van der Waals surface area contributed by atoms with Gasteiger partial charge < -0.3 is 5.11 Å². The van der Waals surface area contributed by atoms with Gasteiger partial charge in [0.05, 0.1) is 6.10 Å². The van der Waals surface area contributed by atoms with E-state index in [0.717, 1.165) is 11.1 Å². The van der Waals surface area contributed by atoms with Crippen molar-refractivity contribution >= 4 is 12.2 Å². The van der Waals surface area contributed by atoms with Gasteiger partial charge in [-0.3, -0.25) is 0 Å². The number of aliphatic hydroxyl groups is 1. The van der Waals surface area contributed by atoms with Crippen LogP contribution in [0.4, 0.5) is 0 Å². The Labute approximate surface area is 71.7 Å². The fourth-order valence-electron chi connectivity index (χ4n) is 1.28. The normalized spacial score (nSPS) is 15.8. The first-order valence-electron chi connectivity index (χ1n) is 4.00. The van der Waals surface area contributed by atoms with Gasteiger partial charge in [-0.05, 0) is 11.1 Å². The highest BCUT2D eigenvalue weighted by atomic mass is 16.3. The lowest BCUT2D eigenvalue weighted by Crippen LogP contribution is -1.92. The quantitative estimate of drug-likeness (QED) is 0.613. The van der Waals surface area contributed by atoms with Crippen LogP contribution < -0.4 is 0 Å². The van der Waals surface area contributed by atoms with E-state index in [-0.39, 0.29) is 0 Å². The number of aliphatic hydroxyl groups excluding tert-OH is 1. The van der Waals surface area contributed by atoms with Gasteiger partial charge >= 0.3 is 0 Å². The second kappa shape index (κ2) is 2.95. The molecule has 12 heavy (non-hydrogen) atoms. The van der Waals surface area contributed by atoms with Gasteiger partial charge in [-0.1, -0.05) is 48.6 Å². The van der Waals surface area contributed by atoms with E-state index in [9.17, 15) is 5.11 Å². The number of rotatable bonds is 0. The summed E-state index contributed by atoms with van der Waals surface area (Å²) >= 11 is 0. The average molecular weight is 158 g/mol. The lowest BCUT2D eigenvalue weighted by Gasteiger charge is -1.96. The molecule has 1 aliphatic rings. The lowest BCUT2D eigenvalue weighted by atomic mass is 10.1. The molecular weight excluding hydrogens is 148 g/mol. The van der Waals surface area contributed by atoms with Gasteiger partial charge in [-0.25, -0.2) is 0 Å². The zero-order valence-corrected chi connectivity index (χ0v) is 6.64. The Morgan fingerprint density at radius 2 is 1.42 bits per heavy atom. The molecule has 0 unspecified atom stereocenters. The Balaban J connectivity index is 2.52. The van der Waals surface area contributed by atoms with Crippen LogP contribution in [0.2, 0.25) is 0 Å². The largest absolute Gasteiger partial charge is 0.385 e. The van der Waals surface area contributed by atoms with Gasteiger partial charge in [-0.2, -0.15) is 0 Å². The highest BCUT2D eigenvalue weighted by molar-refractivity contribution is 5.67. The van der Waals surface area contributed by atoms with E-state index >= 15 is 0 Å². The van der Waals surface area contributed by atoms with Crippen LogP contribution in [0.15, 0.2) is 36.4 Å². The highest BCUT2D eigenvalue weighted by Crippen LogP contribution is 2.16. The summed E-state index contributed by atoms with van der Waals surface area (Å²) in [6, 6.07) is 8.06. The maximum Gasteiger partial charge on any atom is 0.0909 e. The summed E-state index contributed by atoms with van der Waals surface area (Å²) in [4.78, 5) is 0. The predicted molar refractivity (Wildman–Crippen MR) is 50.5 cm³/mol. The number of hydrogen-bond acceptors (Lipinski definition) is 1. The van der Waals surface area contributed by atoms with E-state index in [1.807, 2.05) is 36.4 Å². The van der Waals surface area contributed by atoms with Gasteiger partial charge in [0.25, 0.3) is 0 Å². The molecule has 0 fully saturated rings. The average Bonchev–Trinajstić information content (AvgIpc) is 2.29. The van der Waals surface area contributed by atoms with E-state index in [0.29, 0.717) is 0 Å². The molecule has 0 aliphatic heterocycles. The van der Waals surface area contributed by atoms with E-state index in [1.54, 1.807) is 12.2 Å². The van der Waals surface area contributed by atoms with E-state index in [4.69, 9.17) is 0 Å². The molecule has 0 bridgehead atoms. The molecule has 1 N–H and O–H groups in total. The van der Waals surface area contributed by atoms with Crippen LogP contribution >= 0.6 is 0 Å². The molecule has 0 saturated heterocycles. The van der Waals surface area contributed by atoms with Crippen LogP contribution in [0.1, 0.15) is 11.1 Å². The molecule has 0 aromatic heterocycles. The molecule has 60 valence electrons. The van der Waals surface area contributed by atoms with Gasteiger partial charge in [0.15, 0.2) is 0 Å². The van der Waals surface area contributed by atoms with Crippen LogP contribution in [-0.2, 0) is 0 Å². The zero-order chi connectivity index (χ0) is 8.39. The van der Waals surface area contributed by atoms with Crippen molar-refractivity contribution in [1.29, 1.82) is 0 Å². The summed E-state index contributed by atoms with van der Waals surface area (Å²) in [7, 11) is 0. The van der Waals surface area contributed by atoms with Crippen molar-refractivity contribution in [3.63, 3.8) is 0 Å². The Morgan fingerprint density at radius 1 is 0.917 bits per heavy atom. The summed E-state index contributed by atoms with van der Waals surface area (Å²) in [6.45, 7) is 0. The van der Waals surface area contributed by atoms with Crippen LogP contribution in [0.25, 0.3) is 12.2 Å². The standard InChI is InChI=1S/C11H10O/c12-11-7-5-9-3-1-2-4-10(9)6-8-11/h1-8,11-12H. The first-order valence-corrected chi connectivity index (χ1v) is 4.00. The van der Waals surface area contributed by atoms with E-state index in [2.05, 4.69) is 0 Å². The minimum Gasteiger partial charge on any atom is -0.385 e. The molecule has 1 heteroatoms. The molecule has 0 atom stereocenters. The fraction of sp³-hybridized carbons (Fsp3) is 0.0909. The Bertz CT molecular complexity index is 304. The third-order valence-corrected chi connectivity index (χ3v) is 1.94. The van der Waals surface area contributed by atoms with Gasteiger partial charge in [0, 0.05) is 0 Å². The molecular formula is C11H10O. The second-order valence-corrected chi connectivity index (χ2v) is 2.84. The summed E-state index contributed by atoms with van der Waals surface area (Å²) < 4.78 is 0. The third kappa shape index (κ3) is 1.31. The molecule has 0 saturated carbocycles. The minimum absolute atomic E-state index is 0.447. The van der Waals surface area contributed by atoms with Crippen molar-refractivity contribution < 1.29 is 5.11 Å². The van der Waals surface area contributed by atoms with Crippen LogP contribution in [0.5, 0.6) is 0 Å². The maximum absolute atomic E-state index is 9.29. The lowest BCUT2D eigenvalue weighted by molar-refractivity contribution is 0.273. The molecule has 0 radical (unpaired) electrons. The zero-order valence-electron chi connectivity index (χ0n) is 6.64. The van der Waals surface area contributed by atoms with Crippen molar-refractivity contribution in [2.45, 2.75) is 6.10 Å². The summed E-state index contributed by atoms with van der Waals surface area (Å²) in [5, 5.41) is 9.29. The molecule has 0 amide bonds. The summed E-state index contributed by atoms with van der Waals surface area (Å²) in [5.41, 5.74) is 2.32. The van der Waals surface area contributed by atoms with Crippen molar-refractivity contribution in [3.8, 4) is 0 Å². The Hall–Kier alpha value is -1.34. The smallest absolute Gasteiger partial charge is 0.0909 e. The predicted octanol–water partition coefficient (Wildman–Crippen LogP) is 2.09. The van der Waals surface area contributed by atoms with Gasteiger partial charge in [0.2, 0.25) is 0 Å². The molecule has 1 aromatic rings. The van der Waals surface area contributed by atoms with E-state index in [1.165, 1.54) is 0 Å². The summed E-state index contributed by atoms with van der Waals surface area (Å²) in [6.07, 6.45) is 7.00. The number of fused-ring (bicyclic) bond motifs is 1. The molecule has 1 aromatic carbocycles. The van der Waals surface area contributed by atoms with Gasteiger partial charge in [0.1, 0.15) is 0 Å². The third-order valence-electron chi connectivity index (χ3n) is 1.94. The van der Waals surface area contributed by atoms with E-state index < -0.39 is 6.10 Å². The fourth-order valence-corrected chi connectivity index (χ4v) is 1.28. The Morgan fingerprint density at radius 3 is 1.92 bits per heavy atom. The second-order valence-electron chi connectivity index (χ2n) is 2.84. The van der Waals surface area contributed by atoms with Crippen LogP contribution in [0.3, 0.4) is 0 Å². The highest BCUT2D eigenvalue weighted by Gasteiger charge is 2.00. The van der Waals surface area contributed by atoms with Gasteiger partial charge in [-0.15, -0.1) is 0 Å². The molecule has 1 aliphatic carbocycles. The SMILES string of the molecule is OC1C=Cc2ccccc2C=C1. The van der Waals surface area contributed by atoms with Crippen molar-refractivity contribution in [1.82, 2.24) is 0 Å². The minimum atomic E-state index is -0.447. The molecule has 0 heterocycles. The Kier molecular flexibility index (Phi) is 1.80. The first kappa shape index (κ1) is 7.32. The van der Waals surface area contributed by atoms with Crippen molar-refractivity contribution in [3.05, 3.63) is 47.5 Å². The van der Waals surface area contributed by atoms with Crippen LogP contribution in [-0.4, -0.2) is 11.2 Å². The molecule has 2 rings (SSSR count). The molecule has 0 spiro atoms. The topological polar surface area (TPSA) is 20.2 Å². The monoisotopic (exact) mass is 158 g/mol. The first-order chi connectivity index (χ1) is 5.86. The number of hydrogen-bond donors (Lipinski definition) is 1. The van der Waals surface area contributed by atoms with Crippen LogP contribution in [0, 0.1) is 0 Å². The molecule has 1 nitrogen and oxygen atoms in total. The maximum atomic E-state index is 9.29. The van der Waals surface area contributed by atoms with Crippen molar-refractivity contribution in [2.75, 3.05) is 0 Å². The number of benzene rings is 1. The summed E-state index contributed by atoms with van der Waals surface area (Å²) in [5.74, 6) is 0.